The Morgan fingerprint density at radius 3 is 2.71 bits per heavy atom. The van der Waals surface area contributed by atoms with Crippen LogP contribution in [0.2, 0.25) is 0 Å². The van der Waals surface area contributed by atoms with Crippen molar-refractivity contribution in [2.45, 2.75) is 25.6 Å². The highest BCUT2D eigenvalue weighted by Crippen LogP contribution is 2.21. The van der Waals surface area contributed by atoms with Gasteiger partial charge < -0.3 is 9.53 Å². The van der Waals surface area contributed by atoms with Crippen LogP contribution in [0, 0.1) is 0 Å². The van der Waals surface area contributed by atoms with E-state index in [1.165, 1.54) is 0 Å². The lowest BCUT2D eigenvalue weighted by molar-refractivity contribution is -0.108. The average molecular weight is 100 g/mol. The van der Waals surface area contributed by atoms with Crippen LogP contribution >= 0.6 is 0 Å². The minimum atomic E-state index is -0.0648. The van der Waals surface area contributed by atoms with Crippen molar-refractivity contribution in [3.63, 3.8) is 0 Å². The fourth-order valence-corrected chi connectivity index (χ4v) is 0.605. The van der Waals surface area contributed by atoms with Crippen LogP contribution in [0.5, 0.6) is 0 Å². The fraction of sp³-hybridized carbons (Fsp3) is 0.800. The Morgan fingerprint density at radius 2 is 2.57 bits per heavy atom. The summed E-state index contributed by atoms with van der Waals surface area (Å²) in [6.07, 6.45) is 2.00. The molecule has 1 aliphatic heterocycles. The van der Waals surface area contributed by atoms with E-state index in [4.69, 9.17) is 4.74 Å². The van der Waals surface area contributed by atoms with E-state index in [1.54, 1.807) is 0 Å². The molecule has 2 heteroatoms. The van der Waals surface area contributed by atoms with Crippen LogP contribution in [0.15, 0.2) is 0 Å². The molecule has 40 valence electrons. The minimum Gasteiger partial charge on any atom is -0.362 e. The molecule has 0 aromatic rings. The van der Waals surface area contributed by atoms with Gasteiger partial charge in [-0.2, -0.15) is 0 Å². The molecule has 0 aromatic carbocycles. The number of ether oxygens (including phenoxy) is 1. The Labute approximate surface area is 42.5 Å². The zero-order chi connectivity index (χ0) is 5.28. The number of carbonyl (C=O) groups excluding carboxylic acids is 1. The molecule has 2 atom stereocenters. The summed E-state index contributed by atoms with van der Waals surface area (Å²) in [6, 6.07) is 0. The first-order valence-electron chi connectivity index (χ1n) is 2.49. The Balaban J connectivity index is 2.17. The van der Waals surface area contributed by atoms with Crippen LogP contribution in [0.25, 0.3) is 0 Å². The Bertz CT molecular complexity index is 80.1. The summed E-state index contributed by atoms with van der Waals surface area (Å²) in [5, 5.41) is 0. The van der Waals surface area contributed by atoms with Gasteiger partial charge in [-0.15, -0.1) is 0 Å². The molecule has 0 aliphatic carbocycles. The van der Waals surface area contributed by atoms with Crippen molar-refractivity contribution >= 4 is 6.29 Å². The molecule has 0 aromatic heterocycles. The van der Waals surface area contributed by atoms with E-state index in [2.05, 4.69) is 0 Å². The van der Waals surface area contributed by atoms with Gasteiger partial charge in [0.2, 0.25) is 0 Å². The second kappa shape index (κ2) is 1.62. The van der Waals surface area contributed by atoms with Crippen molar-refractivity contribution in [1.29, 1.82) is 0 Å². The van der Waals surface area contributed by atoms with E-state index in [1.807, 2.05) is 6.92 Å². The summed E-state index contributed by atoms with van der Waals surface area (Å²) in [7, 11) is 0. The molecule has 1 unspecified atom stereocenters. The molecule has 7 heavy (non-hydrogen) atoms. The summed E-state index contributed by atoms with van der Waals surface area (Å²) in [6.45, 7) is 2.01. The number of rotatable bonds is 2. The van der Waals surface area contributed by atoms with Crippen molar-refractivity contribution in [2.24, 2.45) is 0 Å². The SMILES string of the molecule is CCC1O[C@@H]1C=O. The van der Waals surface area contributed by atoms with Crippen molar-refractivity contribution in [3.05, 3.63) is 0 Å². The quantitative estimate of drug-likeness (QED) is 0.370. The topological polar surface area (TPSA) is 29.6 Å². The maximum atomic E-state index is 9.81. The van der Waals surface area contributed by atoms with Crippen molar-refractivity contribution < 1.29 is 9.53 Å². The predicted octanol–water partition coefficient (Wildman–Crippen LogP) is 0.363. The molecule has 0 spiro atoms. The summed E-state index contributed by atoms with van der Waals surface area (Å²) in [4.78, 5) is 9.81. The number of epoxide rings is 1. The highest BCUT2D eigenvalue weighted by atomic mass is 16.6. The van der Waals surface area contributed by atoms with E-state index in [0.717, 1.165) is 12.7 Å². The van der Waals surface area contributed by atoms with E-state index >= 15 is 0 Å². The van der Waals surface area contributed by atoms with E-state index < -0.39 is 0 Å². The molecule has 1 fully saturated rings. The molecule has 0 N–H and O–H groups in total. The van der Waals surface area contributed by atoms with Crippen molar-refractivity contribution in [2.75, 3.05) is 0 Å². The lowest BCUT2D eigenvalue weighted by Gasteiger charge is -1.72. The monoisotopic (exact) mass is 100 g/mol. The van der Waals surface area contributed by atoms with Crippen LogP contribution in [0.4, 0.5) is 0 Å². The Morgan fingerprint density at radius 1 is 1.86 bits per heavy atom. The smallest absolute Gasteiger partial charge is 0.151 e. The van der Waals surface area contributed by atoms with E-state index in [9.17, 15) is 4.79 Å². The number of hydrogen-bond donors (Lipinski definition) is 0. The van der Waals surface area contributed by atoms with Crippen molar-refractivity contribution in [3.8, 4) is 0 Å². The van der Waals surface area contributed by atoms with Crippen LogP contribution in [0.1, 0.15) is 13.3 Å². The Kier molecular flexibility index (Phi) is 1.11. The molecule has 1 aliphatic rings. The molecule has 1 saturated heterocycles. The molecule has 2 nitrogen and oxygen atoms in total. The third kappa shape index (κ3) is 0.800. The summed E-state index contributed by atoms with van der Waals surface area (Å²) in [5.74, 6) is 0. The summed E-state index contributed by atoms with van der Waals surface area (Å²) in [5.41, 5.74) is 0. The van der Waals surface area contributed by atoms with Crippen LogP contribution in [-0.2, 0) is 9.53 Å². The van der Waals surface area contributed by atoms with Gasteiger partial charge in [0.15, 0.2) is 6.29 Å². The lowest BCUT2D eigenvalue weighted by Crippen LogP contribution is -1.90. The van der Waals surface area contributed by atoms with Gasteiger partial charge in [-0.05, 0) is 6.42 Å². The van der Waals surface area contributed by atoms with Crippen molar-refractivity contribution in [1.82, 2.24) is 0 Å². The molecule has 0 bridgehead atoms. The van der Waals surface area contributed by atoms with Crippen LogP contribution in [0.3, 0.4) is 0 Å². The fourth-order valence-electron chi connectivity index (χ4n) is 0.605. The average Bonchev–Trinajstić information content (AvgIpc) is 2.43. The van der Waals surface area contributed by atoms with Gasteiger partial charge in [0.25, 0.3) is 0 Å². The maximum Gasteiger partial charge on any atom is 0.151 e. The third-order valence-corrected chi connectivity index (χ3v) is 1.16. The number of aldehydes is 1. The van der Waals surface area contributed by atoms with Gasteiger partial charge in [-0.3, -0.25) is 0 Å². The molecular formula is C5H8O2. The molecule has 0 saturated carbocycles. The van der Waals surface area contributed by atoms with Gasteiger partial charge in [-0.25, -0.2) is 0 Å². The van der Waals surface area contributed by atoms with E-state index in [-0.39, 0.29) is 12.2 Å². The predicted molar refractivity (Wildman–Crippen MR) is 25.0 cm³/mol. The maximum absolute atomic E-state index is 9.81. The van der Waals surface area contributed by atoms with E-state index in [0.29, 0.717) is 0 Å². The lowest BCUT2D eigenvalue weighted by atomic mass is 10.3. The first kappa shape index (κ1) is 4.78. The zero-order valence-electron chi connectivity index (χ0n) is 4.26. The largest absolute Gasteiger partial charge is 0.362 e. The second-order valence-corrected chi connectivity index (χ2v) is 1.68. The van der Waals surface area contributed by atoms with Gasteiger partial charge in [0.05, 0.1) is 6.10 Å². The first-order valence-corrected chi connectivity index (χ1v) is 2.49. The summed E-state index contributed by atoms with van der Waals surface area (Å²) < 4.78 is 4.85. The molecule has 1 rings (SSSR count). The first-order chi connectivity index (χ1) is 3.38. The van der Waals surface area contributed by atoms with Gasteiger partial charge in [-0.1, -0.05) is 6.92 Å². The van der Waals surface area contributed by atoms with Crippen LogP contribution < -0.4 is 0 Å². The molecular weight excluding hydrogens is 92.1 g/mol. The standard InChI is InChI=1S/C5H8O2/c1-2-4-5(3-6)7-4/h3-5H,2H2,1H3/t4?,5-/m1/s1. The second-order valence-electron chi connectivity index (χ2n) is 1.68. The molecule has 1 heterocycles. The van der Waals surface area contributed by atoms with Crippen LogP contribution in [-0.4, -0.2) is 18.5 Å². The highest BCUT2D eigenvalue weighted by molar-refractivity contribution is 5.60. The Hall–Kier alpha value is -0.370. The zero-order valence-corrected chi connectivity index (χ0v) is 4.26. The molecule has 0 amide bonds. The molecule has 0 radical (unpaired) electrons. The minimum absolute atomic E-state index is 0.0648. The summed E-state index contributed by atoms with van der Waals surface area (Å²) >= 11 is 0. The highest BCUT2D eigenvalue weighted by Gasteiger charge is 2.36. The van der Waals surface area contributed by atoms with Gasteiger partial charge in [0.1, 0.15) is 6.10 Å². The number of carbonyl (C=O) groups is 1. The number of hydrogen-bond acceptors (Lipinski definition) is 2. The third-order valence-electron chi connectivity index (χ3n) is 1.16. The normalized spacial score (nSPS) is 37.9. The van der Waals surface area contributed by atoms with Gasteiger partial charge >= 0.3 is 0 Å². The van der Waals surface area contributed by atoms with Gasteiger partial charge in [0, 0.05) is 0 Å².